The Morgan fingerprint density at radius 2 is 2.13 bits per heavy atom. The topological polar surface area (TPSA) is 35.2 Å². The lowest BCUT2D eigenvalue weighted by atomic mass is 10.1. The lowest BCUT2D eigenvalue weighted by molar-refractivity contribution is 0.0812. The van der Waals surface area contributed by atoms with Gasteiger partial charge >= 0.3 is 0 Å². The van der Waals surface area contributed by atoms with Crippen LogP contribution in [0, 0.1) is 0 Å². The molecule has 0 bridgehead atoms. The van der Waals surface area contributed by atoms with Crippen LogP contribution in [0.4, 0.5) is 8.78 Å². The van der Waals surface area contributed by atoms with E-state index < -0.39 is 13.0 Å². The number of hydrogen-bond donors (Lipinski definition) is 1. The summed E-state index contributed by atoms with van der Waals surface area (Å²) >= 11 is 3.29. The number of ether oxygens (including phenoxy) is 1. The van der Waals surface area contributed by atoms with Crippen LogP contribution in [0.2, 0.25) is 0 Å². The highest BCUT2D eigenvalue weighted by atomic mass is 79.9. The maximum Gasteiger partial charge on any atom is 0.272 e. The Morgan fingerprint density at radius 1 is 1.47 bits per heavy atom. The third kappa shape index (κ3) is 3.76. The average Bonchev–Trinajstić information content (AvgIpc) is 2.15. The van der Waals surface area contributed by atoms with Gasteiger partial charge in [0.05, 0.1) is 0 Å². The fourth-order valence-electron chi connectivity index (χ4n) is 1.16. The van der Waals surface area contributed by atoms with Gasteiger partial charge in [-0.15, -0.1) is 0 Å². The molecule has 1 aromatic carbocycles. The van der Waals surface area contributed by atoms with Gasteiger partial charge in [-0.2, -0.15) is 0 Å². The number of benzene rings is 1. The standard InChI is InChI=1S/C10H12BrF2NO/c1-6(14)8-4-7(11)2-3-9(8)15-5-10(12)13/h2-4,6,10H,5,14H2,1H3/t6-/m0/s1. The highest BCUT2D eigenvalue weighted by Gasteiger charge is 2.11. The van der Waals surface area contributed by atoms with E-state index in [0.29, 0.717) is 11.3 Å². The van der Waals surface area contributed by atoms with Crippen LogP contribution in [0.15, 0.2) is 22.7 Å². The summed E-state index contributed by atoms with van der Waals surface area (Å²) in [6.07, 6.45) is -2.48. The van der Waals surface area contributed by atoms with Gasteiger partial charge in [-0.25, -0.2) is 8.78 Å². The Morgan fingerprint density at radius 3 is 2.67 bits per heavy atom. The molecular weight excluding hydrogens is 268 g/mol. The molecule has 0 unspecified atom stereocenters. The molecule has 0 saturated carbocycles. The molecule has 0 aliphatic heterocycles. The molecule has 0 aliphatic rings. The van der Waals surface area contributed by atoms with Crippen LogP contribution >= 0.6 is 15.9 Å². The number of alkyl halides is 2. The van der Waals surface area contributed by atoms with E-state index in [1.54, 1.807) is 25.1 Å². The maximum atomic E-state index is 12.0. The lowest BCUT2D eigenvalue weighted by Crippen LogP contribution is -2.12. The Kier molecular flexibility index (Phi) is 4.47. The Labute approximate surface area is 95.5 Å². The van der Waals surface area contributed by atoms with Gasteiger partial charge in [-0.05, 0) is 25.1 Å². The van der Waals surface area contributed by atoms with E-state index in [-0.39, 0.29) is 6.04 Å². The smallest absolute Gasteiger partial charge is 0.272 e. The number of rotatable bonds is 4. The van der Waals surface area contributed by atoms with Crippen molar-refractivity contribution in [3.8, 4) is 5.75 Å². The van der Waals surface area contributed by atoms with E-state index in [1.807, 2.05) is 0 Å². The van der Waals surface area contributed by atoms with Gasteiger partial charge in [0.15, 0.2) is 0 Å². The molecule has 84 valence electrons. The molecular formula is C10H12BrF2NO. The second-order valence-electron chi connectivity index (χ2n) is 3.17. The van der Waals surface area contributed by atoms with Crippen LogP contribution in [-0.4, -0.2) is 13.0 Å². The first-order valence-electron chi connectivity index (χ1n) is 4.46. The Hall–Kier alpha value is -0.680. The molecule has 2 N–H and O–H groups in total. The molecule has 0 saturated heterocycles. The molecule has 0 aromatic heterocycles. The van der Waals surface area contributed by atoms with Crippen LogP contribution in [0.25, 0.3) is 0 Å². The fourth-order valence-corrected chi connectivity index (χ4v) is 1.54. The van der Waals surface area contributed by atoms with Crippen molar-refractivity contribution in [1.29, 1.82) is 0 Å². The summed E-state index contributed by atoms with van der Waals surface area (Å²) in [5.74, 6) is 0.411. The quantitative estimate of drug-likeness (QED) is 0.919. The third-order valence-corrected chi connectivity index (χ3v) is 2.32. The van der Waals surface area contributed by atoms with Crippen molar-refractivity contribution >= 4 is 15.9 Å². The minimum atomic E-state index is -2.48. The van der Waals surface area contributed by atoms with Crippen molar-refractivity contribution in [2.24, 2.45) is 5.73 Å². The highest BCUT2D eigenvalue weighted by molar-refractivity contribution is 9.10. The van der Waals surface area contributed by atoms with Crippen molar-refractivity contribution in [3.63, 3.8) is 0 Å². The largest absolute Gasteiger partial charge is 0.487 e. The zero-order valence-electron chi connectivity index (χ0n) is 8.21. The van der Waals surface area contributed by atoms with Crippen molar-refractivity contribution in [2.75, 3.05) is 6.61 Å². The predicted molar refractivity (Wildman–Crippen MR) is 58.2 cm³/mol. The number of hydrogen-bond acceptors (Lipinski definition) is 2. The third-order valence-electron chi connectivity index (χ3n) is 1.83. The summed E-state index contributed by atoms with van der Waals surface area (Å²) in [4.78, 5) is 0. The van der Waals surface area contributed by atoms with Crippen molar-refractivity contribution < 1.29 is 13.5 Å². The van der Waals surface area contributed by atoms with Crippen molar-refractivity contribution in [3.05, 3.63) is 28.2 Å². The van der Waals surface area contributed by atoms with Crippen molar-refractivity contribution in [1.82, 2.24) is 0 Å². The molecule has 0 fully saturated rings. The van der Waals surface area contributed by atoms with Gasteiger partial charge in [0.25, 0.3) is 6.43 Å². The number of nitrogens with two attached hydrogens (primary N) is 1. The van der Waals surface area contributed by atoms with E-state index in [4.69, 9.17) is 10.5 Å². The summed E-state index contributed by atoms with van der Waals surface area (Å²) in [6, 6.07) is 4.87. The van der Waals surface area contributed by atoms with Crippen LogP contribution in [0.5, 0.6) is 5.75 Å². The summed E-state index contributed by atoms with van der Waals surface area (Å²) in [5.41, 5.74) is 6.41. The molecule has 1 atom stereocenters. The highest BCUT2D eigenvalue weighted by Crippen LogP contribution is 2.27. The normalized spacial score (nSPS) is 12.9. The van der Waals surface area contributed by atoms with E-state index in [2.05, 4.69) is 15.9 Å². The molecule has 0 amide bonds. The van der Waals surface area contributed by atoms with Crippen molar-refractivity contribution in [2.45, 2.75) is 19.4 Å². The summed E-state index contributed by atoms with van der Waals surface area (Å²) < 4.78 is 29.7. The fraction of sp³-hybridized carbons (Fsp3) is 0.400. The molecule has 0 spiro atoms. The first kappa shape index (κ1) is 12.4. The summed E-state index contributed by atoms with van der Waals surface area (Å²) in [6.45, 7) is 1.17. The van der Waals surface area contributed by atoms with Gasteiger partial charge in [0.2, 0.25) is 0 Å². The van der Waals surface area contributed by atoms with E-state index in [1.165, 1.54) is 0 Å². The lowest BCUT2D eigenvalue weighted by Gasteiger charge is -2.14. The van der Waals surface area contributed by atoms with Gasteiger partial charge in [0, 0.05) is 16.1 Å². The second kappa shape index (κ2) is 5.42. The molecule has 0 radical (unpaired) electrons. The zero-order chi connectivity index (χ0) is 11.4. The molecule has 0 heterocycles. The van der Waals surface area contributed by atoms with Gasteiger partial charge in [-0.3, -0.25) is 0 Å². The van der Waals surface area contributed by atoms with Crippen LogP contribution in [0.1, 0.15) is 18.5 Å². The molecule has 15 heavy (non-hydrogen) atoms. The monoisotopic (exact) mass is 279 g/mol. The van der Waals surface area contributed by atoms with Gasteiger partial charge in [0.1, 0.15) is 12.4 Å². The van der Waals surface area contributed by atoms with E-state index in [9.17, 15) is 8.78 Å². The van der Waals surface area contributed by atoms with Crippen LogP contribution in [-0.2, 0) is 0 Å². The van der Waals surface area contributed by atoms with Gasteiger partial charge < -0.3 is 10.5 Å². The maximum absolute atomic E-state index is 12.0. The van der Waals surface area contributed by atoms with Crippen LogP contribution < -0.4 is 10.5 Å². The number of halogens is 3. The Bertz CT molecular complexity index is 331. The minimum Gasteiger partial charge on any atom is -0.487 e. The summed E-state index contributed by atoms with van der Waals surface area (Å²) in [7, 11) is 0. The molecule has 1 aromatic rings. The molecule has 1 rings (SSSR count). The van der Waals surface area contributed by atoms with E-state index >= 15 is 0 Å². The average molecular weight is 280 g/mol. The second-order valence-corrected chi connectivity index (χ2v) is 4.09. The minimum absolute atomic E-state index is 0.254. The summed E-state index contributed by atoms with van der Waals surface area (Å²) in [5, 5.41) is 0. The SMILES string of the molecule is C[C@H](N)c1cc(Br)ccc1OCC(F)F. The van der Waals surface area contributed by atoms with E-state index in [0.717, 1.165) is 4.47 Å². The predicted octanol–water partition coefficient (Wildman–Crippen LogP) is 3.11. The van der Waals surface area contributed by atoms with Crippen LogP contribution in [0.3, 0.4) is 0 Å². The molecule has 0 aliphatic carbocycles. The first-order chi connectivity index (χ1) is 7.00. The molecule has 5 heteroatoms. The van der Waals surface area contributed by atoms with Gasteiger partial charge in [-0.1, -0.05) is 15.9 Å². The zero-order valence-corrected chi connectivity index (χ0v) is 9.80. The Balaban J connectivity index is 2.86. The first-order valence-corrected chi connectivity index (χ1v) is 5.26. The molecule has 2 nitrogen and oxygen atoms in total.